The first-order chi connectivity index (χ1) is 7.33. The van der Waals surface area contributed by atoms with E-state index < -0.39 is 0 Å². The molecule has 0 aliphatic carbocycles. The van der Waals surface area contributed by atoms with Gasteiger partial charge in [-0.05, 0) is 34.1 Å². The number of hydrogen-bond acceptors (Lipinski definition) is 4. The molecule has 0 saturated heterocycles. The Balaban J connectivity index is 3.78. The topological polar surface area (TPSA) is 56.5 Å². The van der Waals surface area contributed by atoms with Crippen LogP contribution in [0, 0.1) is 17.8 Å². The first kappa shape index (κ1) is 15.4. The van der Waals surface area contributed by atoms with Crippen molar-refractivity contribution in [1.29, 1.82) is 0 Å². The molecule has 0 saturated carbocycles. The van der Waals surface area contributed by atoms with E-state index in [9.17, 15) is 0 Å². The Bertz CT molecular complexity index is 232. The third-order valence-corrected chi connectivity index (χ3v) is 2.50. The highest BCUT2D eigenvalue weighted by Crippen LogP contribution is 2.21. The highest BCUT2D eigenvalue weighted by molar-refractivity contribution is 5.00. The first-order valence-electron chi connectivity index (χ1n) is 5.52. The summed E-state index contributed by atoms with van der Waals surface area (Å²) in [5, 5.41) is 0. The molecule has 0 aliphatic heterocycles. The van der Waals surface area contributed by atoms with Crippen molar-refractivity contribution in [1.82, 2.24) is 5.59 Å². The summed E-state index contributed by atoms with van der Waals surface area (Å²) < 4.78 is 5.77. The van der Waals surface area contributed by atoms with Gasteiger partial charge in [0.05, 0.1) is 12.2 Å². The predicted molar refractivity (Wildman–Crippen MR) is 65.2 cm³/mol. The number of nitrogens with two attached hydrogens (primary N) is 1. The molecule has 0 unspecified atom stereocenters. The van der Waals surface area contributed by atoms with E-state index >= 15 is 0 Å². The maximum Gasteiger partial charge on any atom is 0.0725 e. The fourth-order valence-electron chi connectivity index (χ4n) is 1.08. The van der Waals surface area contributed by atoms with Crippen molar-refractivity contribution in [3.63, 3.8) is 0 Å². The highest BCUT2D eigenvalue weighted by Gasteiger charge is 2.20. The molecule has 0 bridgehead atoms. The van der Waals surface area contributed by atoms with E-state index in [-0.39, 0.29) is 11.0 Å². The van der Waals surface area contributed by atoms with Crippen LogP contribution in [0.15, 0.2) is 0 Å². The Hall–Kier alpha value is -0.600. The van der Waals surface area contributed by atoms with Crippen LogP contribution < -0.4 is 11.4 Å². The Labute approximate surface area is 98.8 Å². The molecule has 0 fully saturated rings. The summed E-state index contributed by atoms with van der Waals surface area (Å²) in [5.41, 5.74) is 1.82. The summed E-state index contributed by atoms with van der Waals surface area (Å²) in [4.78, 5) is 4.85. The third-order valence-electron chi connectivity index (χ3n) is 2.50. The van der Waals surface area contributed by atoms with Crippen LogP contribution in [0.1, 0.15) is 40.5 Å². The van der Waals surface area contributed by atoms with E-state index in [2.05, 4.69) is 11.5 Å². The van der Waals surface area contributed by atoms with Crippen molar-refractivity contribution >= 4 is 0 Å². The van der Waals surface area contributed by atoms with Crippen molar-refractivity contribution in [3.8, 4) is 12.3 Å². The minimum atomic E-state index is -0.221. The Kier molecular flexibility index (Phi) is 6.61. The van der Waals surface area contributed by atoms with Crippen LogP contribution in [-0.4, -0.2) is 18.8 Å². The number of hydrazine groups is 1. The van der Waals surface area contributed by atoms with Crippen molar-refractivity contribution in [2.75, 3.05) is 13.2 Å². The molecule has 3 N–H and O–H groups in total. The molecule has 0 aromatic carbocycles. The van der Waals surface area contributed by atoms with E-state index in [1.54, 1.807) is 0 Å². The van der Waals surface area contributed by atoms with Crippen LogP contribution in [0.3, 0.4) is 0 Å². The first-order valence-corrected chi connectivity index (χ1v) is 5.52. The number of terminal acetylenes is 1. The van der Waals surface area contributed by atoms with Gasteiger partial charge in [0.1, 0.15) is 0 Å². The summed E-state index contributed by atoms with van der Waals surface area (Å²) in [6, 6.07) is 0. The monoisotopic (exact) mass is 228 g/mol. The molecule has 0 aromatic heterocycles. The van der Waals surface area contributed by atoms with Gasteiger partial charge < -0.3 is 4.74 Å². The van der Waals surface area contributed by atoms with Crippen LogP contribution in [0.2, 0.25) is 0 Å². The molecule has 0 amide bonds. The van der Waals surface area contributed by atoms with Crippen LogP contribution in [0.5, 0.6) is 0 Å². The van der Waals surface area contributed by atoms with E-state index in [0.29, 0.717) is 13.2 Å². The lowest BCUT2D eigenvalue weighted by molar-refractivity contribution is -0.0594. The summed E-state index contributed by atoms with van der Waals surface area (Å²) in [5.74, 6) is 7.75. The summed E-state index contributed by atoms with van der Waals surface area (Å²) in [6.45, 7) is 9.28. The fourth-order valence-corrected chi connectivity index (χ4v) is 1.08. The van der Waals surface area contributed by atoms with Crippen LogP contribution in [0.4, 0.5) is 0 Å². The number of nitrogens with one attached hydrogen (secondary N) is 1. The van der Waals surface area contributed by atoms with Gasteiger partial charge in [-0.1, -0.05) is 0 Å². The highest BCUT2D eigenvalue weighted by atomic mass is 16.7. The third kappa shape index (κ3) is 7.66. The normalized spacial score (nSPS) is 12.5. The van der Waals surface area contributed by atoms with Gasteiger partial charge in [-0.3, -0.25) is 4.84 Å². The van der Waals surface area contributed by atoms with E-state index in [1.165, 1.54) is 0 Å². The molecule has 0 aliphatic rings. The van der Waals surface area contributed by atoms with Crippen molar-refractivity contribution in [2.45, 2.75) is 46.1 Å². The van der Waals surface area contributed by atoms with E-state index in [4.69, 9.17) is 21.8 Å². The maximum absolute atomic E-state index is 5.77. The maximum atomic E-state index is 5.77. The Morgan fingerprint density at radius 1 is 1.19 bits per heavy atom. The predicted octanol–water partition coefficient (Wildman–Crippen LogP) is 1.62. The summed E-state index contributed by atoms with van der Waals surface area (Å²) in [7, 11) is 0. The zero-order chi connectivity index (χ0) is 12.7. The van der Waals surface area contributed by atoms with Crippen molar-refractivity contribution < 1.29 is 9.57 Å². The molecule has 4 heteroatoms. The largest absolute Gasteiger partial charge is 0.375 e. The zero-order valence-electron chi connectivity index (χ0n) is 10.8. The van der Waals surface area contributed by atoms with Gasteiger partial charge in [0.2, 0.25) is 0 Å². The van der Waals surface area contributed by atoms with Crippen LogP contribution in [0.25, 0.3) is 0 Å². The van der Waals surface area contributed by atoms with Crippen molar-refractivity contribution in [3.05, 3.63) is 0 Å². The second-order valence-electron chi connectivity index (χ2n) is 5.10. The second kappa shape index (κ2) is 6.87. The van der Waals surface area contributed by atoms with Gasteiger partial charge in [-0.15, -0.1) is 17.9 Å². The molecule has 0 heterocycles. The van der Waals surface area contributed by atoms with Gasteiger partial charge in [-0.2, -0.15) is 0 Å². The van der Waals surface area contributed by atoms with E-state index in [1.807, 2.05) is 27.7 Å². The summed E-state index contributed by atoms with van der Waals surface area (Å²) in [6.07, 6.45) is 7.03. The second-order valence-corrected chi connectivity index (χ2v) is 5.10. The van der Waals surface area contributed by atoms with Gasteiger partial charge in [0.15, 0.2) is 0 Å². The molecular weight excluding hydrogens is 204 g/mol. The Morgan fingerprint density at radius 3 is 2.31 bits per heavy atom. The molecule has 0 aromatic rings. The number of hydrogen-bond donors (Lipinski definition) is 2. The standard InChI is InChI=1S/C12H24N2O2/c1-6-11(2,3)7-9-15-12(4,5)8-10-16-14-13/h1,14H,7-10,13H2,2-5H3. The van der Waals surface area contributed by atoms with Gasteiger partial charge in [-0.25, -0.2) is 5.84 Å². The van der Waals surface area contributed by atoms with Gasteiger partial charge >= 0.3 is 0 Å². The van der Waals surface area contributed by atoms with Crippen LogP contribution >= 0.6 is 0 Å². The molecule has 0 atom stereocenters. The molecule has 16 heavy (non-hydrogen) atoms. The molecule has 0 radical (unpaired) electrons. The zero-order valence-corrected chi connectivity index (χ0v) is 10.8. The van der Waals surface area contributed by atoms with Crippen molar-refractivity contribution in [2.24, 2.45) is 11.3 Å². The fraction of sp³-hybridized carbons (Fsp3) is 0.833. The quantitative estimate of drug-likeness (QED) is 0.287. The lowest BCUT2D eigenvalue weighted by atomic mass is 9.91. The average Bonchev–Trinajstić information content (AvgIpc) is 2.17. The smallest absolute Gasteiger partial charge is 0.0725 e. The minimum Gasteiger partial charge on any atom is -0.375 e. The number of ether oxygens (including phenoxy) is 1. The molecule has 0 rings (SSSR count). The van der Waals surface area contributed by atoms with Crippen LogP contribution in [-0.2, 0) is 9.57 Å². The minimum absolute atomic E-state index is 0.106. The van der Waals surface area contributed by atoms with Gasteiger partial charge in [0.25, 0.3) is 0 Å². The SMILES string of the molecule is C#CC(C)(C)CCOC(C)(C)CCONN. The molecule has 0 spiro atoms. The molecular formula is C12H24N2O2. The lowest BCUT2D eigenvalue weighted by Gasteiger charge is -2.27. The lowest BCUT2D eigenvalue weighted by Crippen LogP contribution is -2.31. The average molecular weight is 228 g/mol. The van der Waals surface area contributed by atoms with Gasteiger partial charge in [0, 0.05) is 18.4 Å². The molecule has 94 valence electrons. The summed E-state index contributed by atoms with van der Waals surface area (Å²) >= 11 is 0. The molecule has 4 nitrogen and oxygen atoms in total. The number of rotatable bonds is 8. The Morgan fingerprint density at radius 2 is 1.81 bits per heavy atom. The van der Waals surface area contributed by atoms with E-state index in [0.717, 1.165) is 12.8 Å².